The molecule has 0 saturated heterocycles. The fourth-order valence-corrected chi connectivity index (χ4v) is 2.91. The first-order valence-electron chi connectivity index (χ1n) is 7.34. The molecule has 4 nitrogen and oxygen atoms in total. The number of hydrogen-bond acceptors (Lipinski definition) is 3. The van der Waals surface area contributed by atoms with E-state index in [4.69, 9.17) is 10.5 Å². The van der Waals surface area contributed by atoms with Gasteiger partial charge in [-0.15, -0.1) is 0 Å². The Labute approximate surface area is 120 Å². The molecule has 20 heavy (non-hydrogen) atoms. The SMILES string of the molecule is COc1cccc(C(=O)N(C)C2CCCCCC2)c1N. The quantitative estimate of drug-likeness (QED) is 0.682. The topological polar surface area (TPSA) is 55.6 Å². The number of carbonyl (C=O) groups excluding carboxylic acids is 1. The highest BCUT2D eigenvalue weighted by atomic mass is 16.5. The highest BCUT2D eigenvalue weighted by Crippen LogP contribution is 2.28. The molecule has 2 rings (SSSR count). The number of benzene rings is 1. The second-order valence-corrected chi connectivity index (χ2v) is 5.48. The lowest BCUT2D eigenvalue weighted by atomic mass is 10.1. The lowest BCUT2D eigenvalue weighted by Gasteiger charge is -2.28. The Kier molecular flexibility index (Phi) is 4.88. The van der Waals surface area contributed by atoms with Crippen LogP contribution in [0.4, 0.5) is 5.69 Å². The number of nitrogens with zero attached hydrogens (tertiary/aromatic N) is 1. The third-order valence-corrected chi connectivity index (χ3v) is 4.21. The number of para-hydroxylation sites is 1. The lowest BCUT2D eigenvalue weighted by Crippen LogP contribution is -2.37. The van der Waals surface area contributed by atoms with Crippen molar-refractivity contribution in [3.05, 3.63) is 23.8 Å². The maximum Gasteiger partial charge on any atom is 0.256 e. The second kappa shape index (κ2) is 6.64. The summed E-state index contributed by atoms with van der Waals surface area (Å²) in [4.78, 5) is 14.5. The third kappa shape index (κ3) is 3.06. The molecule has 1 saturated carbocycles. The molecule has 0 atom stereocenters. The Hall–Kier alpha value is -1.71. The summed E-state index contributed by atoms with van der Waals surface area (Å²) >= 11 is 0. The molecule has 0 spiro atoms. The van der Waals surface area contributed by atoms with Gasteiger partial charge in [0.05, 0.1) is 18.4 Å². The molecule has 1 fully saturated rings. The number of hydrogen-bond donors (Lipinski definition) is 1. The molecule has 1 aromatic carbocycles. The Morgan fingerprint density at radius 3 is 2.50 bits per heavy atom. The Morgan fingerprint density at radius 2 is 1.90 bits per heavy atom. The van der Waals surface area contributed by atoms with Gasteiger partial charge in [0.2, 0.25) is 0 Å². The Bertz CT molecular complexity index is 466. The van der Waals surface area contributed by atoms with Gasteiger partial charge in [-0.3, -0.25) is 4.79 Å². The van der Waals surface area contributed by atoms with Crippen molar-refractivity contribution in [2.75, 3.05) is 19.9 Å². The van der Waals surface area contributed by atoms with E-state index in [1.807, 2.05) is 18.0 Å². The first kappa shape index (κ1) is 14.7. The Balaban J connectivity index is 2.17. The van der Waals surface area contributed by atoms with E-state index in [-0.39, 0.29) is 5.91 Å². The minimum atomic E-state index is -0.00620. The van der Waals surface area contributed by atoms with E-state index < -0.39 is 0 Å². The van der Waals surface area contributed by atoms with Crippen molar-refractivity contribution in [2.24, 2.45) is 0 Å². The molecule has 1 aliphatic carbocycles. The van der Waals surface area contributed by atoms with Crippen molar-refractivity contribution < 1.29 is 9.53 Å². The van der Waals surface area contributed by atoms with Crippen LogP contribution in [0.3, 0.4) is 0 Å². The zero-order chi connectivity index (χ0) is 14.5. The zero-order valence-electron chi connectivity index (χ0n) is 12.4. The van der Waals surface area contributed by atoms with E-state index >= 15 is 0 Å². The van der Waals surface area contributed by atoms with Gasteiger partial charge < -0.3 is 15.4 Å². The van der Waals surface area contributed by atoms with Gasteiger partial charge in [-0.05, 0) is 25.0 Å². The Morgan fingerprint density at radius 1 is 1.25 bits per heavy atom. The summed E-state index contributed by atoms with van der Waals surface area (Å²) in [7, 11) is 3.45. The molecular weight excluding hydrogens is 252 g/mol. The van der Waals surface area contributed by atoms with Crippen LogP contribution in [0.5, 0.6) is 5.75 Å². The van der Waals surface area contributed by atoms with Crippen LogP contribution >= 0.6 is 0 Å². The highest BCUT2D eigenvalue weighted by molar-refractivity contribution is 6.00. The maximum absolute atomic E-state index is 12.6. The van der Waals surface area contributed by atoms with Gasteiger partial charge in [0.1, 0.15) is 5.75 Å². The number of rotatable bonds is 3. The minimum absolute atomic E-state index is 0.00620. The molecule has 110 valence electrons. The summed E-state index contributed by atoms with van der Waals surface area (Å²) in [6.45, 7) is 0. The van der Waals surface area contributed by atoms with E-state index in [0.717, 1.165) is 12.8 Å². The molecule has 0 aromatic heterocycles. The van der Waals surface area contributed by atoms with Crippen molar-refractivity contribution in [1.29, 1.82) is 0 Å². The number of nitrogens with two attached hydrogens (primary N) is 1. The van der Waals surface area contributed by atoms with Gasteiger partial charge in [-0.25, -0.2) is 0 Å². The molecule has 0 aliphatic heterocycles. The average molecular weight is 276 g/mol. The van der Waals surface area contributed by atoms with Gasteiger partial charge in [0.25, 0.3) is 5.91 Å². The van der Waals surface area contributed by atoms with Crippen molar-refractivity contribution in [1.82, 2.24) is 4.90 Å². The van der Waals surface area contributed by atoms with Crippen LogP contribution in [-0.2, 0) is 0 Å². The normalized spacial score (nSPS) is 16.5. The van der Waals surface area contributed by atoms with Crippen LogP contribution in [0.15, 0.2) is 18.2 Å². The summed E-state index contributed by atoms with van der Waals surface area (Å²) in [5.74, 6) is 0.554. The molecular formula is C16H24N2O2. The summed E-state index contributed by atoms with van der Waals surface area (Å²) in [6, 6.07) is 5.68. The van der Waals surface area contributed by atoms with Gasteiger partial charge in [0.15, 0.2) is 0 Å². The number of amides is 1. The van der Waals surface area contributed by atoms with E-state index in [1.54, 1.807) is 19.2 Å². The molecule has 0 bridgehead atoms. The maximum atomic E-state index is 12.6. The van der Waals surface area contributed by atoms with E-state index in [9.17, 15) is 4.79 Å². The van der Waals surface area contributed by atoms with Crippen LogP contribution in [0.1, 0.15) is 48.9 Å². The predicted molar refractivity (Wildman–Crippen MR) is 81.0 cm³/mol. The van der Waals surface area contributed by atoms with Gasteiger partial charge >= 0.3 is 0 Å². The van der Waals surface area contributed by atoms with Gasteiger partial charge in [-0.1, -0.05) is 31.7 Å². The monoisotopic (exact) mass is 276 g/mol. The fraction of sp³-hybridized carbons (Fsp3) is 0.562. The average Bonchev–Trinajstić information content (AvgIpc) is 2.75. The summed E-state index contributed by atoms with van der Waals surface area (Å²) in [5, 5.41) is 0. The molecule has 1 aromatic rings. The first-order chi connectivity index (χ1) is 9.65. The molecule has 0 heterocycles. The summed E-state index contributed by atoms with van der Waals surface area (Å²) < 4.78 is 5.19. The van der Waals surface area contributed by atoms with Gasteiger partial charge in [-0.2, -0.15) is 0 Å². The van der Waals surface area contributed by atoms with Crippen LogP contribution < -0.4 is 10.5 Å². The number of nitrogen functional groups attached to an aromatic ring is 1. The molecule has 0 radical (unpaired) electrons. The van der Waals surface area contributed by atoms with Crippen LogP contribution in [0.2, 0.25) is 0 Å². The van der Waals surface area contributed by atoms with Crippen molar-refractivity contribution >= 4 is 11.6 Å². The number of carbonyl (C=O) groups is 1. The molecule has 2 N–H and O–H groups in total. The number of methoxy groups -OCH3 is 1. The standard InChI is InChI=1S/C16H24N2O2/c1-18(12-8-5-3-4-6-9-12)16(19)13-10-7-11-14(20-2)15(13)17/h7,10-12H,3-6,8-9,17H2,1-2H3. The number of anilines is 1. The molecule has 0 unspecified atom stereocenters. The smallest absolute Gasteiger partial charge is 0.256 e. The van der Waals surface area contributed by atoms with Gasteiger partial charge in [0, 0.05) is 13.1 Å². The van der Waals surface area contributed by atoms with Crippen molar-refractivity contribution in [3.63, 3.8) is 0 Å². The molecule has 1 aliphatic rings. The van der Waals surface area contributed by atoms with Crippen molar-refractivity contribution in [2.45, 2.75) is 44.6 Å². The minimum Gasteiger partial charge on any atom is -0.495 e. The summed E-state index contributed by atoms with van der Waals surface area (Å²) in [5.41, 5.74) is 6.99. The number of ether oxygens (including phenoxy) is 1. The second-order valence-electron chi connectivity index (χ2n) is 5.48. The van der Waals surface area contributed by atoms with Crippen LogP contribution in [0.25, 0.3) is 0 Å². The highest BCUT2D eigenvalue weighted by Gasteiger charge is 2.24. The fourth-order valence-electron chi connectivity index (χ4n) is 2.91. The lowest BCUT2D eigenvalue weighted by molar-refractivity contribution is 0.0718. The third-order valence-electron chi connectivity index (χ3n) is 4.21. The molecule has 4 heteroatoms. The largest absolute Gasteiger partial charge is 0.495 e. The van der Waals surface area contributed by atoms with Crippen LogP contribution in [-0.4, -0.2) is 31.0 Å². The predicted octanol–water partition coefficient (Wildman–Crippen LogP) is 3.07. The van der Waals surface area contributed by atoms with E-state index in [1.165, 1.54) is 25.7 Å². The van der Waals surface area contributed by atoms with E-state index in [0.29, 0.717) is 23.0 Å². The zero-order valence-corrected chi connectivity index (χ0v) is 12.4. The van der Waals surface area contributed by atoms with E-state index in [2.05, 4.69) is 0 Å². The van der Waals surface area contributed by atoms with Crippen LogP contribution in [0, 0.1) is 0 Å². The first-order valence-corrected chi connectivity index (χ1v) is 7.34. The van der Waals surface area contributed by atoms with Crippen molar-refractivity contribution in [3.8, 4) is 5.75 Å². The molecule has 1 amide bonds. The summed E-state index contributed by atoms with van der Waals surface area (Å²) in [6.07, 6.45) is 7.14.